The Morgan fingerprint density at radius 1 is 1.30 bits per heavy atom. The van der Waals surface area contributed by atoms with Gasteiger partial charge in [0, 0.05) is 6.42 Å². The summed E-state index contributed by atoms with van der Waals surface area (Å²) in [7, 11) is 2.25. The lowest BCUT2D eigenvalue weighted by molar-refractivity contribution is -0.144. The Kier molecular flexibility index (Phi) is 6.68. The molecular formula is C14H15ClF3NO4. The van der Waals surface area contributed by atoms with Crippen molar-refractivity contribution in [2.75, 3.05) is 20.1 Å². The van der Waals surface area contributed by atoms with Crippen molar-refractivity contribution in [2.45, 2.75) is 18.6 Å². The van der Waals surface area contributed by atoms with Crippen LogP contribution in [-0.4, -0.2) is 38.0 Å². The third-order valence-corrected chi connectivity index (χ3v) is 3.20. The maximum absolute atomic E-state index is 12.8. The molecule has 0 aliphatic rings. The van der Waals surface area contributed by atoms with Crippen LogP contribution in [0.2, 0.25) is 0 Å². The molecule has 9 heteroatoms. The predicted octanol–water partition coefficient (Wildman–Crippen LogP) is 2.15. The Hall–Kier alpha value is -1.96. The highest BCUT2D eigenvalue weighted by atomic mass is 35.5. The molecule has 0 spiro atoms. The highest BCUT2D eigenvalue weighted by molar-refractivity contribution is 6.27. The minimum atomic E-state index is -4.56. The van der Waals surface area contributed by atoms with E-state index in [1.165, 1.54) is 6.07 Å². The summed E-state index contributed by atoms with van der Waals surface area (Å²) in [4.78, 5) is 23.0. The van der Waals surface area contributed by atoms with Crippen LogP contribution in [0.3, 0.4) is 0 Å². The van der Waals surface area contributed by atoms with Gasteiger partial charge in [-0.2, -0.15) is 13.2 Å². The van der Waals surface area contributed by atoms with Crippen LogP contribution >= 0.6 is 11.6 Å². The number of amides is 1. The van der Waals surface area contributed by atoms with Gasteiger partial charge in [0.25, 0.3) is 0 Å². The second kappa shape index (κ2) is 8.05. The fourth-order valence-electron chi connectivity index (χ4n) is 1.90. The van der Waals surface area contributed by atoms with Gasteiger partial charge in [0.2, 0.25) is 5.91 Å². The molecule has 0 fully saturated rings. The molecule has 0 aliphatic carbocycles. The maximum Gasteiger partial charge on any atom is 0.419 e. The number of carbonyl (C=O) groups is 2. The minimum absolute atomic E-state index is 0.0657. The third-order valence-electron chi connectivity index (χ3n) is 2.95. The zero-order valence-electron chi connectivity index (χ0n) is 12.4. The van der Waals surface area contributed by atoms with Crippen molar-refractivity contribution in [3.63, 3.8) is 0 Å². The van der Waals surface area contributed by atoms with E-state index in [1.54, 1.807) is 0 Å². The van der Waals surface area contributed by atoms with Crippen LogP contribution in [0.15, 0.2) is 18.2 Å². The SMILES string of the molecule is COC(=O)[C@@H](Cc1ccc(C(F)(F)F)c(OC)c1)NC(=O)CCl. The topological polar surface area (TPSA) is 64.6 Å². The van der Waals surface area contributed by atoms with Crippen molar-refractivity contribution in [3.05, 3.63) is 29.3 Å². The van der Waals surface area contributed by atoms with Crippen LogP contribution in [0, 0.1) is 0 Å². The molecule has 128 valence electrons. The zero-order chi connectivity index (χ0) is 17.6. The van der Waals surface area contributed by atoms with Crippen molar-refractivity contribution in [3.8, 4) is 5.75 Å². The average molecular weight is 354 g/mol. The van der Waals surface area contributed by atoms with E-state index < -0.39 is 29.7 Å². The summed E-state index contributed by atoms with van der Waals surface area (Å²) >= 11 is 5.36. The highest BCUT2D eigenvalue weighted by Gasteiger charge is 2.34. The fraction of sp³-hybridized carbons (Fsp3) is 0.429. The first-order valence-corrected chi connectivity index (χ1v) is 6.93. The first kappa shape index (κ1) is 19.1. The predicted molar refractivity (Wildman–Crippen MR) is 76.4 cm³/mol. The van der Waals surface area contributed by atoms with E-state index >= 15 is 0 Å². The molecule has 1 aromatic rings. The maximum atomic E-state index is 12.8. The molecule has 5 nitrogen and oxygen atoms in total. The van der Waals surface area contributed by atoms with Crippen LogP contribution in [0.5, 0.6) is 5.75 Å². The molecule has 0 aliphatic heterocycles. The van der Waals surface area contributed by atoms with Crippen molar-refractivity contribution in [1.82, 2.24) is 5.32 Å². The molecule has 0 radical (unpaired) electrons. The summed E-state index contributed by atoms with van der Waals surface area (Å²) in [5.74, 6) is -2.06. The Morgan fingerprint density at radius 3 is 2.43 bits per heavy atom. The molecule has 1 amide bonds. The van der Waals surface area contributed by atoms with Crippen LogP contribution < -0.4 is 10.1 Å². The number of hydrogen-bond donors (Lipinski definition) is 1. The minimum Gasteiger partial charge on any atom is -0.496 e. The second-order valence-corrected chi connectivity index (χ2v) is 4.78. The summed E-state index contributed by atoms with van der Waals surface area (Å²) in [6, 6.07) is 2.15. The second-order valence-electron chi connectivity index (χ2n) is 4.51. The summed E-state index contributed by atoms with van der Waals surface area (Å²) in [5, 5.41) is 2.34. The molecule has 0 saturated heterocycles. The van der Waals surface area contributed by atoms with Gasteiger partial charge in [-0.1, -0.05) is 6.07 Å². The number of hydrogen-bond acceptors (Lipinski definition) is 4. The lowest BCUT2D eigenvalue weighted by atomic mass is 10.0. The molecule has 0 saturated carbocycles. The largest absolute Gasteiger partial charge is 0.496 e. The molecule has 23 heavy (non-hydrogen) atoms. The Balaban J connectivity index is 3.04. The number of ether oxygens (including phenoxy) is 2. The Bertz CT molecular complexity index is 578. The number of alkyl halides is 4. The standard InChI is InChI=1S/C14H15ClF3NO4/c1-22-11-6-8(3-4-9(11)14(16,17)18)5-10(13(21)23-2)19-12(20)7-15/h3-4,6,10H,5,7H2,1-2H3,(H,19,20)/t10-/m1/s1. The molecule has 0 bridgehead atoms. The molecule has 1 aromatic carbocycles. The summed E-state index contributed by atoms with van der Waals surface area (Å²) in [6.45, 7) is 0. The van der Waals surface area contributed by atoms with E-state index in [2.05, 4.69) is 10.1 Å². The number of halogens is 4. The van der Waals surface area contributed by atoms with Gasteiger partial charge in [-0.15, -0.1) is 11.6 Å². The first-order valence-electron chi connectivity index (χ1n) is 6.40. The smallest absolute Gasteiger partial charge is 0.419 e. The molecule has 0 unspecified atom stereocenters. The van der Waals surface area contributed by atoms with E-state index in [0.717, 1.165) is 26.4 Å². The van der Waals surface area contributed by atoms with E-state index in [1.807, 2.05) is 0 Å². The Labute approximate surface area is 135 Å². The van der Waals surface area contributed by atoms with Crippen LogP contribution in [0.25, 0.3) is 0 Å². The summed E-state index contributed by atoms with van der Waals surface area (Å²) < 4.78 is 47.7. The quantitative estimate of drug-likeness (QED) is 0.628. The molecule has 0 heterocycles. The van der Waals surface area contributed by atoms with Gasteiger partial charge < -0.3 is 14.8 Å². The third kappa shape index (κ3) is 5.31. The normalized spacial score (nSPS) is 12.4. The number of rotatable bonds is 6. The van der Waals surface area contributed by atoms with E-state index in [9.17, 15) is 22.8 Å². The van der Waals surface area contributed by atoms with Crippen LogP contribution in [-0.2, 0) is 26.9 Å². The fourth-order valence-corrected chi connectivity index (χ4v) is 1.98. The molecule has 1 rings (SSSR count). The van der Waals surface area contributed by atoms with Crippen molar-refractivity contribution < 1.29 is 32.2 Å². The van der Waals surface area contributed by atoms with E-state index in [0.29, 0.717) is 5.56 Å². The van der Waals surface area contributed by atoms with Gasteiger partial charge in [-0.3, -0.25) is 4.79 Å². The lowest BCUT2D eigenvalue weighted by Crippen LogP contribution is -2.43. The van der Waals surface area contributed by atoms with Gasteiger partial charge in [0.1, 0.15) is 17.7 Å². The molecule has 1 N–H and O–H groups in total. The van der Waals surface area contributed by atoms with Gasteiger partial charge in [0.05, 0.1) is 19.8 Å². The number of esters is 1. The van der Waals surface area contributed by atoms with E-state index in [-0.39, 0.29) is 18.1 Å². The van der Waals surface area contributed by atoms with Crippen molar-refractivity contribution >= 4 is 23.5 Å². The van der Waals surface area contributed by atoms with Gasteiger partial charge in [-0.05, 0) is 17.7 Å². The van der Waals surface area contributed by atoms with Crippen molar-refractivity contribution in [2.24, 2.45) is 0 Å². The van der Waals surface area contributed by atoms with Gasteiger partial charge in [-0.25, -0.2) is 4.79 Å². The molecule has 0 aromatic heterocycles. The van der Waals surface area contributed by atoms with Crippen LogP contribution in [0.4, 0.5) is 13.2 Å². The van der Waals surface area contributed by atoms with Gasteiger partial charge >= 0.3 is 12.1 Å². The highest BCUT2D eigenvalue weighted by Crippen LogP contribution is 2.36. The van der Waals surface area contributed by atoms with Gasteiger partial charge in [0.15, 0.2) is 0 Å². The average Bonchev–Trinajstić information content (AvgIpc) is 2.51. The number of methoxy groups -OCH3 is 2. The van der Waals surface area contributed by atoms with E-state index in [4.69, 9.17) is 16.3 Å². The number of benzene rings is 1. The zero-order valence-corrected chi connectivity index (χ0v) is 13.1. The summed E-state index contributed by atoms with van der Waals surface area (Å²) in [6.07, 6.45) is -4.62. The summed E-state index contributed by atoms with van der Waals surface area (Å²) in [5.41, 5.74) is -0.566. The molecule has 1 atom stereocenters. The van der Waals surface area contributed by atoms with Crippen molar-refractivity contribution in [1.29, 1.82) is 0 Å². The first-order chi connectivity index (χ1) is 10.7. The Morgan fingerprint density at radius 2 is 1.96 bits per heavy atom. The monoisotopic (exact) mass is 353 g/mol. The number of carbonyl (C=O) groups excluding carboxylic acids is 2. The molecular weight excluding hydrogens is 339 g/mol. The number of nitrogens with one attached hydrogen (secondary N) is 1. The lowest BCUT2D eigenvalue weighted by Gasteiger charge is -2.17. The van der Waals surface area contributed by atoms with Crippen LogP contribution in [0.1, 0.15) is 11.1 Å².